The number of hydrogen-bond acceptors (Lipinski definition) is 3. The number of carbonyl (C=O) groups is 1. The summed E-state index contributed by atoms with van der Waals surface area (Å²) in [7, 11) is 0. The SMILES string of the molecule is C=CCN(C(=O)OCc1ccccc1)C1CCN(CCC(CC(C)Cc2ccccc2)c2ccccc2)CC1. The lowest BCUT2D eigenvalue weighted by atomic mass is 9.84. The first-order valence-corrected chi connectivity index (χ1v) is 14.5. The molecule has 0 saturated carbocycles. The molecule has 206 valence electrons. The van der Waals surface area contributed by atoms with Crippen LogP contribution in [0.25, 0.3) is 0 Å². The molecule has 4 heteroatoms. The van der Waals surface area contributed by atoms with Crippen LogP contribution in [0.15, 0.2) is 104 Å². The molecule has 1 heterocycles. The summed E-state index contributed by atoms with van der Waals surface area (Å²) in [6.45, 7) is 10.2. The van der Waals surface area contributed by atoms with Crippen molar-refractivity contribution in [2.45, 2.75) is 57.6 Å². The quantitative estimate of drug-likeness (QED) is 0.215. The van der Waals surface area contributed by atoms with Gasteiger partial charge >= 0.3 is 6.09 Å². The number of ether oxygens (including phenoxy) is 1. The molecule has 2 atom stereocenters. The first-order chi connectivity index (χ1) is 19.1. The van der Waals surface area contributed by atoms with E-state index < -0.39 is 0 Å². The molecular weight excluding hydrogens is 480 g/mol. The van der Waals surface area contributed by atoms with Crippen LogP contribution in [-0.2, 0) is 17.8 Å². The molecule has 1 aliphatic heterocycles. The summed E-state index contributed by atoms with van der Waals surface area (Å²) >= 11 is 0. The lowest BCUT2D eigenvalue weighted by Gasteiger charge is -2.38. The zero-order chi connectivity index (χ0) is 27.3. The summed E-state index contributed by atoms with van der Waals surface area (Å²) in [5, 5.41) is 0. The van der Waals surface area contributed by atoms with Gasteiger partial charge in [-0.15, -0.1) is 6.58 Å². The van der Waals surface area contributed by atoms with Crippen LogP contribution in [0.2, 0.25) is 0 Å². The molecule has 0 radical (unpaired) electrons. The van der Waals surface area contributed by atoms with E-state index in [0.29, 0.717) is 25.0 Å². The average molecular weight is 525 g/mol. The van der Waals surface area contributed by atoms with E-state index in [0.717, 1.165) is 50.9 Å². The summed E-state index contributed by atoms with van der Waals surface area (Å²) in [5.41, 5.74) is 3.88. The number of nitrogens with zero attached hydrogens (tertiary/aromatic N) is 2. The second-order valence-electron chi connectivity index (χ2n) is 11.0. The van der Waals surface area contributed by atoms with Crippen LogP contribution >= 0.6 is 0 Å². The van der Waals surface area contributed by atoms with Gasteiger partial charge in [-0.2, -0.15) is 0 Å². The molecule has 0 bridgehead atoms. The number of hydrogen-bond donors (Lipinski definition) is 0. The predicted molar refractivity (Wildman–Crippen MR) is 161 cm³/mol. The van der Waals surface area contributed by atoms with Crippen LogP contribution in [0.4, 0.5) is 4.79 Å². The Morgan fingerprint density at radius 3 is 2.15 bits per heavy atom. The minimum absolute atomic E-state index is 0.193. The van der Waals surface area contributed by atoms with Crippen LogP contribution in [0.3, 0.4) is 0 Å². The molecule has 3 aromatic rings. The van der Waals surface area contributed by atoms with Crippen LogP contribution in [0, 0.1) is 5.92 Å². The Labute approximate surface area is 235 Å². The number of amides is 1. The van der Waals surface area contributed by atoms with Crippen molar-refractivity contribution in [3.63, 3.8) is 0 Å². The Kier molecular flexibility index (Phi) is 11.2. The van der Waals surface area contributed by atoms with E-state index in [2.05, 4.69) is 79.1 Å². The van der Waals surface area contributed by atoms with Gasteiger partial charge in [0, 0.05) is 25.7 Å². The van der Waals surface area contributed by atoms with Crippen molar-refractivity contribution in [3.8, 4) is 0 Å². The molecule has 0 N–H and O–H groups in total. The monoisotopic (exact) mass is 524 g/mol. The zero-order valence-corrected chi connectivity index (χ0v) is 23.5. The molecule has 3 aromatic carbocycles. The summed E-state index contributed by atoms with van der Waals surface area (Å²) in [4.78, 5) is 17.4. The Hall–Kier alpha value is -3.37. The third-order valence-electron chi connectivity index (χ3n) is 7.94. The standard InChI is InChI=1S/C35H44N2O2/c1-3-22-37(35(38)39-28-31-15-9-5-10-16-31)34-20-24-36(25-21-34)23-19-33(32-17-11-6-12-18-32)27-29(2)26-30-13-7-4-8-14-30/h3-18,29,33-34H,1,19-28H2,2H3. The van der Waals surface area contributed by atoms with Gasteiger partial charge in [0.05, 0.1) is 0 Å². The van der Waals surface area contributed by atoms with Gasteiger partial charge < -0.3 is 14.5 Å². The summed E-state index contributed by atoms with van der Waals surface area (Å²) < 4.78 is 5.66. The summed E-state index contributed by atoms with van der Waals surface area (Å²) in [6, 6.07) is 31.9. The van der Waals surface area contributed by atoms with E-state index in [1.165, 1.54) is 17.5 Å². The Morgan fingerprint density at radius 1 is 0.949 bits per heavy atom. The molecule has 2 unspecified atom stereocenters. The average Bonchev–Trinajstić information content (AvgIpc) is 2.98. The zero-order valence-electron chi connectivity index (χ0n) is 23.5. The van der Waals surface area contributed by atoms with Gasteiger partial charge in [-0.25, -0.2) is 4.79 Å². The Bertz CT molecular complexity index is 1110. The molecule has 0 aliphatic carbocycles. The Balaban J connectivity index is 1.28. The van der Waals surface area contributed by atoms with Gasteiger partial charge in [-0.05, 0) is 67.2 Å². The van der Waals surface area contributed by atoms with Gasteiger partial charge in [-0.3, -0.25) is 0 Å². The predicted octanol–water partition coefficient (Wildman–Crippen LogP) is 7.72. The maximum Gasteiger partial charge on any atom is 0.410 e. The van der Waals surface area contributed by atoms with Gasteiger partial charge in [0.2, 0.25) is 0 Å². The highest BCUT2D eigenvalue weighted by molar-refractivity contribution is 5.68. The molecule has 1 saturated heterocycles. The van der Waals surface area contributed by atoms with Crippen molar-refractivity contribution < 1.29 is 9.53 Å². The maximum absolute atomic E-state index is 12.9. The lowest BCUT2D eigenvalue weighted by molar-refractivity contribution is 0.0654. The van der Waals surface area contributed by atoms with Crippen molar-refractivity contribution in [2.24, 2.45) is 5.92 Å². The molecule has 0 spiro atoms. The van der Waals surface area contributed by atoms with Gasteiger partial charge in [0.25, 0.3) is 0 Å². The fourth-order valence-corrected chi connectivity index (χ4v) is 5.84. The third kappa shape index (κ3) is 9.11. The van der Waals surface area contributed by atoms with E-state index in [1.807, 2.05) is 35.2 Å². The molecule has 1 aliphatic rings. The molecule has 0 aromatic heterocycles. The van der Waals surface area contributed by atoms with Crippen molar-refractivity contribution >= 4 is 6.09 Å². The van der Waals surface area contributed by atoms with Crippen molar-refractivity contribution in [3.05, 3.63) is 120 Å². The number of benzene rings is 3. The van der Waals surface area contributed by atoms with Gasteiger partial charge in [-0.1, -0.05) is 104 Å². The Morgan fingerprint density at radius 2 is 1.54 bits per heavy atom. The highest BCUT2D eigenvalue weighted by Crippen LogP contribution is 2.30. The van der Waals surface area contributed by atoms with Crippen LogP contribution in [0.1, 0.15) is 55.2 Å². The number of piperidine rings is 1. The molecule has 4 nitrogen and oxygen atoms in total. The second-order valence-corrected chi connectivity index (χ2v) is 11.0. The number of carbonyl (C=O) groups excluding carboxylic acids is 1. The van der Waals surface area contributed by atoms with Crippen molar-refractivity contribution in [1.29, 1.82) is 0 Å². The van der Waals surface area contributed by atoms with Crippen LogP contribution in [0.5, 0.6) is 0 Å². The van der Waals surface area contributed by atoms with E-state index in [1.54, 1.807) is 6.08 Å². The fourth-order valence-electron chi connectivity index (χ4n) is 5.84. The van der Waals surface area contributed by atoms with E-state index in [4.69, 9.17) is 4.74 Å². The smallest absolute Gasteiger partial charge is 0.410 e. The number of rotatable bonds is 13. The lowest BCUT2D eigenvalue weighted by Crippen LogP contribution is -2.47. The first-order valence-electron chi connectivity index (χ1n) is 14.5. The molecular formula is C35H44N2O2. The largest absolute Gasteiger partial charge is 0.445 e. The minimum atomic E-state index is -0.242. The summed E-state index contributed by atoms with van der Waals surface area (Å²) in [5.74, 6) is 1.17. The molecule has 1 fully saturated rings. The molecule has 4 rings (SSSR count). The topological polar surface area (TPSA) is 32.8 Å². The van der Waals surface area contributed by atoms with Crippen LogP contribution < -0.4 is 0 Å². The van der Waals surface area contributed by atoms with E-state index >= 15 is 0 Å². The minimum Gasteiger partial charge on any atom is -0.445 e. The third-order valence-corrected chi connectivity index (χ3v) is 7.94. The maximum atomic E-state index is 12.9. The van der Waals surface area contributed by atoms with Crippen LogP contribution in [-0.4, -0.2) is 48.1 Å². The summed E-state index contributed by atoms with van der Waals surface area (Å²) in [6.07, 6.45) is 6.96. The van der Waals surface area contributed by atoms with Gasteiger partial charge in [0.1, 0.15) is 6.61 Å². The normalized spacial score (nSPS) is 15.8. The fraction of sp³-hybridized carbons (Fsp3) is 0.400. The van der Waals surface area contributed by atoms with E-state index in [-0.39, 0.29) is 12.1 Å². The van der Waals surface area contributed by atoms with E-state index in [9.17, 15) is 4.79 Å². The highest BCUT2D eigenvalue weighted by atomic mass is 16.6. The second kappa shape index (κ2) is 15.3. The number of likely N-dealkylation sites (tertiary alicyclic amines) is 1. The molecule has 39 heavy (non-hydrogen) atoms. The van der Waals surface area contributed by atoms with Gasteiger partial charge in [0.15, 0.2) is 0 Å². The first kappa shape index (κ1) is 28.6. The van der Waals surface area contributed by atoms with Crippen molar-refractivity contribution in [2.75, 3.05) is 26.2 Å². The van der Waals surface area contributed by atoms with Crippen molar-refractivity contribution in [1.82, 2.24) is 9.80 Å². The molecule has 1 amide bonds. The highest BCUT2D eigenvalue weighted by Gasteiger charge is 2.28.